The van der Waals surface area contributed by atoms with Crippen LogP contribution in [0, 0.1) is 6.92 Å². The first-order chi connectivity index (χ1) is 12.0. The predicted octanol–water partition coefficient (Wildman–Crippen LogP) is 4.56. The molecule has 0 unspecified atom stereocenters. The SMILES string of the molecule is COc1cc2nccc(Oc3ccc(C)cc3C(C)=O)c2cc1OC. The minimum atomic E-state index is -0.0451. The lowest BCUT2D eigenvalue weighted by Crippen LogP contribution is -1.99. The van der Waals surface area contributed by atoms with Gasteiger partial charge in [-0.1, -0.05) is 11.6 Å². The molecule has 0 atom stereocenters. The van der Waals surface area contributed by atoms with Gasteiger partial charge in [0.2, 0.25) is 0 Å². The fourth-order valence-electron chi connectivity index (χ4n) is 2.66. The highest BCUT2D eigenvalue weighted by molar-refractivity contribution is 5.97. The largest absolute Gasteiger partial charge is 0.493 e. The van der Waals surface area contributed by atoms with E-state index in [1.54, 1.807) is 38.6 Å². The number of pyridine rings is 1. The van der Waals surface area contributed by atoms with Crippen molar-refractivity contribution in [1.82, 2.24) is 4.98 Å². The molecule has 0 saturated heterocycles. The number of fused-ring (bicyclic) bond motifs is 1. The molecular formula is C20H19NO4. The number of benzene rings is 2. The third-order valence-electron chi connectivity index (χ3n) is 3.94. The minimum Gasteiger partial charge on any atom is -0.493 e. The molecule has 5 nitrogen and oxygen atoms in total. The zero-order valence-corrected chi connectivity index (χ0v) is 14.6. The molecule has 0 fully saturated rings. The van der Waals surface area contributed by atoms with Gasteiger partial charge < -0.3 is 14.2 Å². The fourth-order valence-corrected chi connectivity index (χ4v) is 2.66. The summed E-state index contributed by atoms with van der Waals surface area (Å²) in [5.74, 6) is 2.25. The molecule has 25 heavy (non-hydrogen) atoms. The Labute approximate surface area is 146 Å². The molecular weight excluding hydrogens is 318 g/mol. The summed E-state index contributed by atoms with van der Waals surface area (Å²) in [6.07, 6.45) is 1.66. The second-order valence-electron chi connectivity index (χ2n) is 5.69. The minimum absolute atomic E-state index is 0.0451. The molecule has 0 radical (unpaired) electrons. The summed E-state index contributed by atoms with van der Waals surface area (Å²) < 4.78 is 16.7. The van der Waals surface area contributed by atoms with Gasteiger partial charge in [0.25, 0.3) is 0 Å². The third kappa shape index (κ3) is 3.26. The molecule has 0 aliphatic heterocycles. The first-order valence-corrected chi connectivity index (χ1v) is 7.83. The highest BCUT2D eigenvalue weighted by atomic mass is 16.5. The van der Waals surface area contributed by atoms with Crippen molar-refractivity contribution in [3.63, 3.8) is 0 Å². The normalized spacial score (nSPS) is 10.6. The van der Waals surface area contributed by atoms with E-state index in [4.69, 9.17) is 14.2 Å². The van der Waals surface area contributed by atoms with E-state index in [1.165, 1.54) is 6.92 Å². The Bertz CT molecular complexity index is 950. The van der Waals surface area contributed by atoms with E-state index in [0.29, 0.717) is 34.1 Å². The molecule has 0 spiro atoms. The number of aromatic nitrogens is 1. The lowest BCUT2D eigenvalue weighted by atomic mass is 10.1. The van der Waals surface area contributed by atoms with E-state index < -0.39 is 0 Å². The van der Waals surface area contributed by atoms with Crippen molar-refractivity contribution in [3.05, 3.63) is 53.7 Å². The average Bonchev–Trinajstić information content (AvgIpc) is 2.62. The third-order valence-corrected chi connectivity index (χ3v) is 3.94. The van der Waals surface area contributed by atoms with Gasteiger partial charge in [-0.05, 0) is 38.1 Å². The molecule has 0 saturated carbocycles. The molecule has 3 rings (SSSR count). The van der Waals surface area contributed by atoms with Gasteiger partial charge in [-0.25, -0.2) is 0 Å². The lowest BCUT2D eigenvalue weighted by molar-refractivity contribution is 0.101. The summed E-state index contributed by atoms with van der Waals surface area (Å²) in [5.41, 5.74) is 2.26. The zero-order valence-electron chi connectivity index (χ0n) is 14.6. The van der Waals surface area contributed by atoms with Crippen LogP contribution in [0.5, 0.6) is 23.0 Å². The lowest BCUT2D eigenvalue weighted by Gasteiger charge is -2.14. The number of carbonyl (C=O) groups excluding carboxylic acids is 1. The number of aryl methyl sites for hydroxylation is 1. The van der Waals surface area contributed by atoms with E-state index in [1.807, 2.05) is 25.1 Å². The molecule has 128 valence electrons. The second-order valence-corrected chi connectivity index (χ2v) is 5.69. The number of hydrogen-bond acceptors (Lipinski definition) is 5. The number of ketones is 1. The molecule has 1 aromatic heterocycles. The molecule has 0 amide bonds. The quantitative estimate of drug-likeness (QED) is 0.639. The highest BCUT2D eigenvalue weighted by Crippen LogP contribution is 2.37. The number of methoxy groups -OCH3 is 2. The number of rotatable bonds is 5. The number of nitrogens with zero attached hydrogens (tertiary/aromatic N) is 1. The average molecular weight is 337 g/mol. The fraction of sp³-hybridized carbons (Fsp3) is 0.200. The van der Waals surface area contributed by atoms with Crippen molar-refractivity contribution in [1.29, 1.82) is 0 Å². The Balaban J connectivity index is 2.12. The van der Waals surface area contributed by atoms with Gasteiger partial charge in [-0.2, -0.15) is 0 Å². The molecule has 0 bridgehead atoms. The van der Waals surface area contributed by atoms with Gasteiger partial charge in [-0.15, -0.1) is 0 Å². The van der Waals surface area contributed by atoms with Crippen LogP contribution in [0.25, 0.3) is 10.9 Å². The first-order valence-electron chi connectivity index (χ1n) is 7.83. The van der Waals surface area contributed by atoms with Crippen LogP contribution < -0.4 is 14.2 Å². The molecule has 0 aliphatic rings. The summed E-state index contributed by atoms with van der Waals surface area (Å²) in [7, 11) is 3.16. The Kier molecular flexibility index (Phi) is 4.57. The van der Waals surface area contributed by atoms with E-state index in [0.717, 1.165) is 10.9 Å². The standard InChI is InChI=1S/C20H19NO4/c1-12-5-6-17(14(9-12)13(2)22)25-18-7-8-21-16-11-20(24-4)19(23-3)10-15(16)18/h5-11H,1-4H3. The van der Waals surface area contributed by atoms with Crippen LogP contribution in [-0.2, 0) is 0 Å². The molecule has 0 N–H and O–H groups in total. The van der Waals surface area contributed by atoms with Crippen LogP contribution in [0.1, 0.15) is 22.8 Å². The van der Waals surface area contributed by atoms with Gasteiger partial charge in [0.05, 0.1) is 25.3 Å². The Hall–Kier alpha value is -3.08. The van der Waals surface area contributed by atoms with Crippen LogP contribution in [0.15, 0.2) is 42.6 Å². The smallest absolute Gasteiger partial charge is 0.163 e. The van der Waals surface area contributed by atoms with E-state index in [-0.39, 0.29) is 5.78 Å². The first kappa shape index (κ1) is 16.8. The number of hydrogen-bond donors (Lipinski definition) is 0. The van der Waals surface area contributed by atoms with Crippen molar-refractivity contribution in [2.75, 3.05) is 14.2 Å². The van der Waals surface area contributed by atoms with Crippen molar-refractivity contribution in [2.45, 2.75) is 13.8 Å². The van der Waals surface area contributed by atoms with Crippen molar-refractivity contribution >= 4 is 16.7 Å². The predicted molar refractivity (Wildman–Crippen MR) is 96.1 cm³/mol. The summed E-state index contributed by atoms with van der Waals surface area (Å²) >= 11 is 0. The van der Waals surface area contributed by atoms with E-state index in [2.05, 4.69) is 4.98 Å². The van der Waals surface area contributed by atoms with Crippen LogP contribution in [0.4, 0.5) is 0 Å². The van der Waals surface area contributed by atoms with Crippen molar-refractivity contribution < 1.29 is 19.0 Å². The Morgan fingerprint density at radius 3 is 2.32 bits per heavy atom. The maximum absolute atomic E-state index is 11.9. The van der Waals surface area contributed by atoms with E-state index >= 15 is 0 Å². The number of ether oxygens (including phenoxy) is 3. The maximum atomic E-state index is 11.9. The van der Waals surface area contributed by atoms with Crippen LogP contribution >= 0.6 is 0 Å². The van der Waals surface area contributed by atoms with Gasteiger partial charge >= 0.3 is 0 Å². The van der Waals surface area contributed by atoms with Crippen LogP contribution in [0.3, 0.4) is 0 Å². The zero-order chi connectivity index (χ0) is 18.0. The van der Waals surface area contributed by atoms with Crippen molar-refractivity contribution in [3.8, 4) is 23.0 Å². The van der Waals surface area contributed by atoms with Gasteiger partial charge in [0.15, 0.2) is 17.3 Å². The van der Waals surface area contributed by atoms with Gasteiger partial charge in [0.1, 0.15) is 11.5 Å². The van der Waals surface area contributed by atoms with Crippen molar-refractivity contribution in [2.24, 2.45) is 0 Å². The Morgan fingerprint density at radius 1 is 0.920 bits per heavy atom. The molecule has 2 aromatic carbocycles. The Morgan fingerprint density at radius 2 is 1.64 bits per heavy atom. The summed E-state index contributed by atoms with van der Waals surface area (Å²) in [5, 5.41) is 0.773. The highest BCUT2D eigenvalue weighted by Gasteiger charge is 2.14. The second kappa shape index (κ2) is 6.81. The molecule has 1 heterocycles. The molecule has 0 aliphatic carbocycles. The van der Waals surface area contributed by atoms with Crippen LogP contribution in [-0.4, -0.2) is 25.0 Å². The summed E-state index contributed by atoms with van der Waals surface area (Å²) in [4.78, 5) is 16.3. The summed E-state index contributed by atoms with van der Waals surface area (Å²) in [6.45, 7) is 3.47. The van der Waals surface area contributed by atoms with Gasteiger partial charge in [-0.3, -0.25) is 9.78 Å². The van der Waals surface area contributed by atoms with Gasteiger partial charge in [0, 0.05) is 17.6 Å². The van der Waals surface area contributed by atoms with E-state index in [9.17, 15) is 4.79 Å². The number of Topliss-reactive ketones (excluding diaryl/α,β-unsaturated/α-hetero) is 1. The maximum Gasteiger partial charge on any atom is 0.163 e. The molecule has 3 aromatic rings. The monoisotopic (exact) mass is 337 g/mol. The topological polar surface area (TPSA) is 57.7 Å². The number of carbonyl (C=O) groups is 1. The summed E-state index contributed by atoms with van der Waals surface area (Å²) in [6, 6.07) is 10.9. The van der Waals surface area contributed by atoms with Crippen LogP contribution in [0.2, 0.25) is 0 Å². The molecule has 5 heteroatoms.